The lowest BCUT2D eigenvalue weighted by molar-refractivity contribution is -0.146. The molecule has 1 aliphatic rings. The van der Waals surface area contributed by atoms with Crippen molar-refractivity contribution in [2.45, 2.75) is 50.5 Å². The van der Waals surface area contributed by atoms with E-state index in [1.807, 2.05) is 25.1 Å². The van der Waals surface area contributed by atoms with Gasteiger partial charge in [-0.1, -0.05) is 35.7 Å². The second kappa shape index (κ2) is 9.47. The molecular formula is C18H24BrNO3S. The number of amides is 1. The lowest BCUT2D eigenvalue weighted by Gasteiger charge is -2.29. The van der Waals surface area contributed by atoms with Gasteiger partial charge in [0, 0.05) is 15.4 Å². The van der Waals surface area contributed by atoms with Gasteiger partial charge in [-0.2, -0.15) is 0 Å². The Kier molecular flexibility index (Phi) is 7.62. The molecule has 2 atom stereocenters. The Hall–Kier alpha value is -1.01. The molecule has 1 fully saturated rings. The number of aryl methyl sites for hydroxylation is 1. The maximum absolute atomic E-state index is 11.9. The number of rotatable bonds is 6. The summed E-state index contributed by atoms with van der Waals surface area (Å²) >= 11 is 4.84. The molecule has 0 aliphatic heterocycles. The van der Waals surface area contributed by atoms with Crippen LogP contribution in [0.1, 0.15) is 38.2 Å². The highest BCUT2D eigenvalue weighted by atomic mass is 79.9. The third-order valence-corrected chi connectivity index (χ3v) is 5.95. The van der Waals surface area contributed by atoms with Crippen LogP contribution in [-0.2, 0) is 14.3 Å². The van der Waals surface area contributed by atoms with Gasteiger partial charge in [-0.25, -0.2) is 0 Å². The fourth-order valence-electron chi connectivity index (χ4n) is 2.88. The highest BCUT2D eigenvalue weighted by Crippen LogP contribution is 2.25. The minimum Gasteiger partial charge on any atom is -0.455 e. The van der Waals surface area contributed by atoms with Crippen molar-refractivity contribution in [1.82, 2.24) is 5.32 Å². The Balaban J connectivity index is 1.69. The number of ether oxygens (including phenoxy) is 1. The first-order chi connectivity index (χ1) is 11.5. The van der Waals surface area contributed by atoms with Gasteiger partial charge in [0.25, 0.3) is 5.91 Å². The second-order valence-electron chi connectivity index (χ2n) is 6.29. The van der Waals surface area contributed by atoms with E-state index >= 15 is 0 Å². The maximum atomic E-state index is 11.9. The first-order valence-corrected chi connectivity index (χ1v) is 10.1. The topological polar surface area (TPSA) is 55.4 Å². The summed E-state index contributed by atoms with van der Waals surface area (Å²) < 4.78 is 6.10. The van der Waals surface area contributed by atoms with Crippen LogP contribution >= 0.6 is 27.7 Å². The molecule has 0 heterocycles. The Morgan fingerprint density at radius 3 is 2.79 bits per heavy atom. The molecule has 1 saturated carbocycles. The average Bonchev–Trinajstić information content (AvgIpc) is 2.54. The first-order valence-electron chi connectivity index (χ1n) is 8.29. The number of halogens is 1. The molecule has 1 amide bonds. The van der Waals surface area contributed by atoms with Crippen molar-refractivity contribution in [2.75, 3.05) is 12.4 Å². The van der Waals surface area contributed by atoms with Crippen LogP contribution in [0.2, 0.25) is 0 Å². The summed E-state index contributed by atoms with van der Waals surface area (Å²) in [4.78, 5) is 24.8. The van der Waals surface area contributed by atoms with E-state index in [4.69, 9.17) is 4.74 Å². The third kappa shape index (κ3) is 6.13. The summed E-state index contributed by atoms with van der Waals surface area (Å²) in [6.07, 6.45) is 4.54. The van der Waals surface area contributed by atoms with Gasteiger partial charge in [0.05, 0.1) is 5.75 Å². The molecule has 1 aromatic carbocycles. The van der Waals surface area contributed by atoms with E-state index in [0.717, 1.165) is 34.2 Å². The number of benzene rings is 1. The van der Waals surface area contributed by atoms with E-state index < -0.39 is 0 Å². The van der Waals surface area contributed by atoms with Gasteiger partial charge < -0.3 is 10.1 Å². The largest absolute Gasteiger partial charge is 0.455 e. The van der Waals surface area contributed by atoms with Crippen LogP contribution in [0.4, 0.5) is 0 Å². The van der Waals surface area contributed by atoms with Crippen LogP contribution in [0.3, 0.4) is 0 Å². The highest BCUT2D eigenvalue weighted by molar-refractivity contribution is 9.10. The Labute approximate surface area is 156 Å². The minimum absolute atomic E-state index is 0.193. The summed E-state index contributed by atoms with van der Waals surface area (Å²) in [5.41, 5.74) is 1.10. The molecule has 0 aromatic heterocycles. The zero-order valence-electron chi connectivity index (χ0n) is 14.1. The first kappa shape index (κ1) is 19.3. The molecule has 2 rings (SSSR count). The van der Waals surface area contributed by atoms with Gasteiger partial charge in [0.1, 0.15) is 0 Å². The predicted molar refractivity (Wildman–Crippen MR) is 100 cm³/mol. The van der Waals surface area contributed by atoms with Gasteiger partial charge >= 0.3 is 5.97 Å². The third-order valence-electron chi connectivity index (χ3n) is 4.30. The lowest BCUT2D eigenvalue weighted by Crippen LogP contribution is -2.43. The molecule has 0 unspecified atom stereocenters. The van der Waals surface area contributed by atoms with Crippen molar-refractivity contribution in [3.05, 3.63) is 28.2 Å². The summed E-state index contributed by atoms with van der Waals surface area (Å²) in [6.45, 7) is 3.96. The fourth-order valence-corrected chi connectivity index (χ4v) is 4.16. The Morgan fingerprint density at radius 1 is 1.33 bits per heavy atom. The van der Waals surface area contributed by atoms with Crippen molar-refractivity contribution < 1.29 is 14.3 Å². The fraction of sp³-hybridized carbons (Fsp3) is 0.556. The standard InChI is InChI=1S/C18H24BrNO3S/c1-12-5-3-4-6-15(12)20-17(21)10-23-18(22)11-24-16-8-7-14(19)9-13(16)2/h7-9,12,15H,3-6,10-11H2,1-2H3,(H,20,21)/t12-,15+/m1/s1. The van der Waals surface area contributed by atoms with Gasteiger partial charge in [0.2, 0.25) is 0 Å². The van der Waals surface area contributed by atoms with Crippen LogP contribution in [0.15, 0.2) is 27.6 Å². The monoisotopic (exact) mass is 413 g/mol. The minimum atomic E-state index is -0.367. The summed E-state index contributed by atoms with van der Waals surface area (Å²) in [5.74, 6) is 0.130. The summed E-state index contributed by atoms with van der Waals surface area (Å²) in [7, 11) is 0. The molecule has 0 radical (unpaired) electrons. The van der Waals surface area contributed by atoms with Crippen molar-refractivity contribution in [2.24, 2.45) is 5.92 Å². The Morgan fingerprint density at radius 2 is 2.08 bits per heavy atom. The number of hydrogen-bond donors (Lipinski definition) is 1. The van der Waals surface area contributed by atoms with Gasteiger partial charge in [0.15, 0.2) is 6.61 Å². The van der Waals surface area contributed by atoms with E-state index in [9.17, 15) is 9.59 Å². The number of nitrogens with one attached hydrogen (secondary N) is 1. The summed E-state index contributed by atoms with van der Waals surface area (Å²) in [5, 5.41) is 2.98. The number of esters is 1. The van der Waals surface area contributed by atoms with E-state index in [1.54, 1.807) is 0 Å². The molecular weight excluding hydrogens is 390 g/mol. The Bertz CT molecular complexity index is 594. The molecule has 0 spiro atoms. The molecule has 6 heteroatoms. The molecule has 0 saturated heterocycles. The number of carbonyl (C=O) groups excluding carboxylic acids is 2. The number of hydrogen-bond acceptors (Lipinski definition) is 4. The lowest BCUT2D eigenvalue weighted by atomic mass is 9.86. The quantitative estimate of drug-likeness (QED) is 0.563. The van der Waals surface area contributed by atoms with Crippen molar-refractivity contribution in [3.8, 4) is 0 Å². The van der Waals surface area contributed by atoms with Gasteiger partial charge in [-0.15, -0.1) is 11.8 Å². The molecule has 1 N–H and O–H groups in total. The van der Waals surface area contributed by atoms with E-state index in [-0.39, 0.29) is 30.3 Å². The van der Waals surface area contributed by atoms with Gasteiger partial charge in [-0.05, 0) is 49.4 Å². The van der Waals surface area contributed by atoms with E-state index in [2.05, 4.69) is 28.2 Å². The van der Waals surface area contributed by atoms with Crippen LogP contribution in [0.25, 0.3) is 0 Å². The number of thioether (sulfide) groups is 1. The molecule has 1 aliphatic carbocycles. The molecule has 132 valence electrons. The van der Waals surface area contributed by atoms with Crippen LogP contribution in [0, 0.1) is 12.8 Å². The zero-order chi connectivity index (χ0) is 17.5. The molecule has 0 bridgehead atoms. The normalized spacial score (nSPS) is 20.5. The summed E-state index contributed by atoms with van der Waals surface area (Å²) in [6, 6.07) is 6.13. The second-order valence-corrected chi connectivity index (χ2v) is 8.23. The maximum Gasteiger partial charge on any atom is 0.316 e. The molecule has 24 heavy (non-hydrogen) atoms. The highest BCUT2D eigenvalue weighted by Gasteiger charge is 2.23. The average molecular weight is 414 g/mol. The SMILES string of the molecule is Cc1cc(Br)ccc1SCC(=O)OCC(=O)N[C@H]1CCCC[C@H]1C. The van der Waals surface area contributed by atoms with Crippen LogP contribution in [0.5, 0.6) is 0 Å². The van der Waals surface area contributed by atoms with E-state index in [1.165, 1.54) is 18.2 Å². The van der Waals surface area contributed by atoms with Crippen LogP contribution < -0.4 is 5.32 Å². The molecule has 1 aromatic rings. The molecule has 4 nitrogen and oxygen atoms in total. The van der Waals surface area contributed by atoms with Crippen LogP contribution in [-0.4, -0.2) is 30.3 Å². The number of carbonyl (C=O) groups is 2. The van der Waals surface area contributed by atoms with E-state index in [0.29, 0.717) is 5.92 Å². The zero-order valence-corrected chi connectivity index (χ0v) is 16.5. The van der Waals surface area contributed by atoms with Crippen molar-refractivity contribution >= 4 is 39.6 Å². The van der Waals surface area contributed by atoms with Crippen molar-refractivity contribution in [1.29, 1.82) is 0 Å². The predicted octanol–water partition coefficient (Wildman–Crippen LogP) is 4.09. The smallest absolute Gasteiger partial charge is 0.316 e. The van der Waals surface area contributed by atoms with Crippen molar-refractivity contribution in [3.63, 3.8) is 0 Å². The van der Waals surface area contributed by atoms with Gasteiger partial charge in [-0.3, -0.25) is 9.59 Å².